The van der Waals surface area contributed by atoms with Gasteiger partial charge in [-0.15, -0.1) is 0 Å². The highest BCUT2D eigenvalue weighted by Crippen LogP contribution is 2.26. The second-order valence-corrected chi connectivity index (χ2v) is 6.60. The van der Waals surface area contributed by atoms with E-state index < -0.39 is 5.41 Å². The first-order valence-electron chi connectivity index (χ1n) is 6.97. The fourth-order valence-corrected chi connectivity index (χ4v) is 2.82. The molecule has 0 N–H and O–H groups in total. The topological polar surface area (TPSA) is 20.3 Å². The number of nitrogens with zero attached hydrogens (tertiary/aromatic N) is 1. The smallest absolute Gasteiger partial charge is 0.232 e. The molecule has 0 aliphatic carbocycles. The molecule has 0 bridgehead atoms. The van der Waals surface area contributed by atoms with Crippen LogP contribution < -0.4 is 0 Å². The molecule has 0 spiro atoms. The van der Waals surface area contributed by atoms with Crippen molar-refractivity contribution in [3.63, 3.8) is 0 Å². The van der Waals surface area contributed by atoms with Gasteiger partial charge in [0, 0.05) is 18.1 Å². The van der Waals surface area contributed by atoms with Gasteiger partial charge in [-0.25, -0.2) is 0 Å². The van der Waals surface area contributed by atoms with Crippen molar-refractivity contribution in [3.8, 4) is 0 Å². The Labute approximate surface area is 134 Å². The second kappa shape index (κ2) is 6.44. The quantitative estimate of drug-likeness (QED) is 0.804. The van der Waals surface area contributed by atoms with E-state index >= 15 is 0 Å². The number of carbonyl (C=O) groups excluding carboxylic acids is 1. The van der Waals surface area contributed by atoms with Gasteiger partial charge in [-0.3, -0.25) is 4.79 Å². The lowest BCUT2D eigenvalue weighted by Crippen LogP contribution is -2.41. The van der Waals surface area contributed by atoms with Crippen LogP contribution in [0.5, 0.6) is 0 Å². The molecule has 0 fully saturated rings. The summed E-state index contributed by atoms with van der Waals surface area (Å²) in [5.41, 5.74) is 1.61. The maximum atomic E-state index is 12.8. The third-order valence-corrected chi connectivity index (χ3v) is 4.52. The lowest BCUT2D eigenvalue weighted by atomic mass is 9.83. The summed E-state index contributed by atoms with van der Waals surface area (Å²) in [4.78, 5) is 14.6. The molecule has 0 aromatic heterocycles. The zero-order valence-corrected chi connectivity index (χ0v) is 14.2. The Kier molecular flexibility index (Phi) is 4.84. The molecular formula is C18H20BrNO. The highest BCUT2D eigenvalue weighted by molar-refractivity contribution is 9.10. The van der Waals surface area contributed by atoms with Crippen molar-refractivity contribution < 1.29 is 4.79 Å². The van der Waals surface area contributed by atoms with Gasteiger partial charge in [-0.2, -0.15) is 0 Å². The number of hydrogen-bond donors (Lipinski definition) is 0. The molecule has 1 amide bonds. The van der Waals surface area contributed by atoms with Crippen LogP contribution in [0.1, 0.15) is 25.0 Å². The van der Waals surface area contributed by atoms with Crippen molar-refractivity contribution in [2.24, 2.45) is 0 Å². The molecule has 0 saturated carbocycles. The van der Waals surface area contributed by atoms with Crippen LogP contribution in [0.3, 0.4) is 0 Å². The highest BCUT2D eigenvalue weighted by Gasteiger charge is 2.32. The Morgan fingerprint density at radius 3 is 2.24 bits per heavy atom. The van der Waals surface area contributed by atoms with Crippen LogP contribution in [0.15, 0.2) is 59.1 Å². The molecule has 21 heavy (non-hydrogen) atoms. The van der Waals surface area contributed by atoms with Crippen LogP contribution in [0.2, 0.25) is 0 Å². The van der Waals surface area contributed by atoms with Crippen LogP contribution >= 0.6 is 15.9 Å². The molecule has 0 aliphatic rings. The molecule has 0 aliphatic heterocycles. The van der Waals surface area contributed by atoms with Crippen LogP contribution in [0.4, 0.5) is 0 Å². The van der Waals surface area contributed by atoms with E-state index in [1.54, 1.807) is 4.90 Å². The van der Waals surface area contributed by atoms with Gasteiger partial charge in [-0.05, 0) is 31.0 Å². The van der Waals surface area contributed by atoms with Crippen molar-refractivity contribution in [2.75, 3.05) is 7.05 Å². The predicted octanol–water partition coefficient (Wildman–Crippen LogP) is 4.39. The zero-order valence-electron chi connectivity index (χ0n) is 12.6. The SMILES string of the molecule is CN(Cc1ccccc1Br)C(=O)C(C)(C)c1ccccc1. The number of benzene rings is 2. The normalized spacial score (nSPS) is 11.2. The van der Waals surface area contributed by atoms with Crippen LogP contribution in [0, 0.1) is 0 Å². The number of carbonyl (C=O) groups is 1. The van der Waals surface area contributed by atoms with Crippen LogP contribution in [-0.4, -0.2) is 17.9 Å². The molecule has 3 heteroatoms. The summed E-state index contributed by atoms with van der Waals surface area (Å²) in [5.74, 6) is 0.115. The number of likely N-dealkylation sites (N-methyl/N-ethyl adjacent to an activating group) is 1. The van der Waals surface area contributed by atoms with Crippen molar-refractivity contribution in [1.29, 1.82) is 0 Å². The highest BCUT2D eigenvalue weighted by atomic mass is 79.9. The lowest BCUT2D eigenvalue weighted by molar-refractivity contribution is -0.135. The van der Waals surface area contributed by atoms with Gasteiger partial charge in [0.2, 0.25) is 5.91 Å². The van der Waals surface area contributed by atoms with E-state index in [1.165, 1.54) is 0 Å². The Balaban J connectivity index is 2.18. The third kappa shape index (κ3) is 3.53. The van der Waals surface area contributed by atoms with Crippen molar-refractivity contribution in [3.05, 3.63) is 70.2 Å². The number of halogens is 1. The molecule has 2 aromatic rings. The summed E-state index contributed by atoms with van der Waals surface area (Å²) < 4.78 is 1.03. The Hall–Kier alpha value is -1.61. The molecule has 110 valence electrons. The fourth-order valence-electron chi connectivity index (χ4n) is 2.41. The monoisotopic (exact) mass is 345 g/mol. The molecule has 2 aromatic carbocycles. The van der Waals surface area contributed by atoms with Crippen molar-refractivity contribution >= 4 is 21.8 Å². The third-order valence-electron chi connectivity index (χ3n) is 3.74. The molecular weight excluding hydrogens is 326 g/mol. The van der Waals surface area contributed by atoms with Crippen molar-refractivity contribution in [2.45, 2.75) is 25.8 Å². The average molecular weight is 346 g/mol. The summed E-state index contributed by atoms with van der Waals surface area (Å²) in [5, 5.41) is 0. The minimum Gasteiger partial charge on any atom is -0.341 e. The predicted molar refractivity (Wildman–Crippen MR) is 90.1 cm³/mol. The Bertz CT molecular complexity index is 622. The molecule has 0 radical (unpaired) electrons. The second-order valence-electron chi connectivity index (χ2n) is 5.74. The minimum absolute atomic E-state index is 0.115. The first-order chi connectivity index (χ1) is 9.93. The van der Waals surface area contributed by atoms with Gasteiger partial charge in [-0.1, -0.05) is 64.5 Å². The van der Waals surface area contributed by atoms with E-state index in [1.807, 2.05) is 75.5 Å². The van der Waals surface area contributed by atoms with Crippen LogP contribution in [0.25, 0.3) is 0 Å². The summed E-state index contributed by atoms with van der Waals surface area (Å²) >= 11 is 3.53. The van der Waals surface area contributed by atoms with Gasteiger partial charge in [0.15, 0.2) is 0 Å². The summed E-state index contributed by atoms with van der Waals surface area (Å²) in [6, 6.07) is 17.9. The maximum absolute atomic E-state index is 12.8. The van der Waals surface area contributed by atoms with E-state index in [9.17, 15) is 4.79 Å². The molecule has 0 atom stereocenters. The molecule has 2 rings (SSSR count). The van der Waals surface area contributed by atoms with Gasteiger partial charge in [0.25, 0.3) is 0 Å². The standard InChI is InChI=1S/C18H20BrNO/c1-18(2,15-10-5-4-6-11-15)17(21)20(3)13-14-9-7-8-12-16(14)19/h4-12H,13H2,1-3H3. The fraction of sp³-hybridized carbons (Fsp3) is 0.278. The van der Waals surface area contributed by atoms with Gasteiger partial charge in [0.05, 0.1) is 5.41 Å². The van der Waals surface area contributed by atoms with E-state index in [0.717, 1.165) is 15.6 Å². The molecule has 0 heterocycles. The van der Waals surface area contributed by atoms with E-state index in [2.05, 4.69) is 15.9 Å². The maximum Gasteiger partial charge on any atom is 0.232 e. The van der Waals surface area contributed by atoms with Gasteiger partial charge >= 0.3 is 0 Å². The minimum atomic E-state index is -0.530. The summed E-state index contributed by atoms with van der Waals surface area (Å²) in [6.45, 7) is 4.54. The van der Waals surface area contributed by atoms with Crippen LogP contribution in [-0.2, 0) is 16.8 Å². The molecule has 0 saturated heterocycles. The number of rotatable bonds is 4. The molecule has 0 unspecified atom stereocenters. The Morgan fingerprint density at radius 1 is 1.05 bits per heavy atom. The molecule has 2 nitrogen and oxygen atoms in total. The zero-order chi connectivity index (χ0) is 15.5. The number of hydrogen-bond acceptors (Lipinski definition) is 1. The lowest BCUT2D eigenvalue weighted by Gasteiger charge is -2.30. The largest absolute Gasteiger partial charge is 0.341 e. The van der Waals surface area contributed by atoms with E-state index in [0.29, 0.717) is 6.54 Å². The van der Waals surface area contributed by atoms with E-state index in [-0.39, 0.29) is 5.91 Å². The van der Waals surface area contributed by atoms with Gasteiger partial charge < -0.3 is 4.90 Å². The Morgan fingerprint density at radius 2 is 1.62 bits per heavy atom. The first-order valence-corrected chi connectivity index (χ1v) is 7.76. The van der Waals surface area contributed by atoms with Crippen molar-refractivity contribution in [1.82, 2.24) is 4.90 Å². The first kappa shape index (κ1) is 15.8. The van der Waals surface area contributed by atoms with E-state index in [4.69, 9.17) is 0 Å². The average Bonchev–Trinajstić information content (AvgIpc) is 2.49. The summed E-state index contributed by atoms with van der Waals surface area (Å²) in [6.07, 6.45) is 0. The summed E-state index contributed by atoms with van der Waals surface area (Å²) in [7, 11) is 1.85. The number of amides is 1. The van der Waals surface area contributed by atoms with Gasteiger partial charge in [0.1, 0.15) is 0 Å².